The molecule has 3 N–H and O–H groups in total. The lowest BCUT2D eigenvalue weighted by atomic mass is 10.1. The molecule has 3 rings (SSSR count). The maximum atomic E-state index is 12.4. The highest BCUT2D eigenvalue weighted by Gasteiger charge is 2.30. The first kappa shape index (κ1) is 17.1. The van der Waals surface area contributed by atoms with Crippen molar-refractivity contribution in [3.63, 3.8) is 0 Å². The van der Waals surface area contributed by atoms with E-state index in [1.807, 2.05) is 31.2 Å². The van der Waals surface area contributed by atoms with E-state index in [-0.39, 0.29) is 22.8 Å². The molecule has 0 aliphatic heterocycles. The molecule has 128 valence electrons. The molecule has 0 atom stereocenters. The fourth-order valence-corrected chi connectivity index (χ4v) is 2.60. The number of carbonyl (C=O) groups is 2. The number of benzene rings is 2. The van der Waals surface area contributed by atoms with E-state index in [0.29, 0.717) is 11.3 Å². The van der Waals surface area contributed by atoms with Gasteiger partial charge in [0.25, 0.3) is 5.91 Å². The van der Waals surface area contributed by atoms with Crippen LogP contribution in [0.25, 0.3) is 0 Å². The van der Waals surface area contributed by atoms with Gasteiger partial charge in [-0.3, -0.25) is 9.59 Å². The van der Waals surface area contributed by atoms with Crippen LogP contribution in [0.5, 0.6) is 0 Å². The van der Waals surface area contributed by atoms with Gasteiger partial charge in [0.15, 0.2) is 5.11 Å². The molecule has 0 bridgehead atoms. The van der Waals surface area contributed by atoms with Crippen LogP contribution < -0.4 is 16.0 Å². The summed E-state index contributed by atoms with van der Waals surface area (Å²) in [4.78, 5) is 24.1. The highest BCUT2D eigenvalue weighted by atomic mass is 32.1. The third-order valence-electron chi connectivity index (χ3n) is 3.84. The maximum absolute atomic E-state index is 12.4. The monoisotopic (exact) mass is 353 g/mol. The lowest BCUT2D eigenvalue weighted by Gasteiger charge is -2.11. The normalized spacial score (nSPS) is 13.0. The molecule has 0 heterocycles. The van der Waals surface area contributed by atoms with Gasteiger partial charge < -0.3 is 16.0 Å². The van der Waals surface area contributed by atoms with E-state index in [1.54, 1.807) is 24.3 Å². The molecule has 5 nitrogen and oxygen atoms in total. The minimum absolute atomic E-state index is 0.0501. The van der Waals surface area contributed by atoms with Gasteiger partial charge in [-0.1, -0.05) is 18.2 Å². The predicted octanol–water partition coefficient (Wildman–Crippen LogP) is 3.47. The Morgan fingerprint density at radius 1 is 1.00 bits per heavy atom. The second-order valence-corrected chi connectivity index (χ2v) is 6.53. The van der Waals surface area contributed by atoms with Crippen LogP contribution in [0.4, 0.5) is 11.4 Å². The summed E-state index contributed by atoms with van der Waals surface area (Å²) in [5.74, 6) is -0.167. The lowest BCUT2D eigenvalue weighted by Crippen LogP contribution is -2.35. The Hall–Kier alpha value is -2.73. The van der Waals surface area contributed by atoms with E-state index in [9.17, 15) is 9.59 Å². The summed E-state index contributed by atoms with van der Waals surface area (Å²) in [6, 6.07) is 14.6. The summed E-state index contributed by atoms with van der Waals surface area (Å²) in [5.41, 5.74) is 2.97. The Labute approximate surface area is 151 Å². The van der Waals surface area contributed by atoms with E-state index in [2.05, 4.69) is 16.0 Å². The zero-order valence-electron chi connectivity index (χ0n) is 13.8. The first-order valence-electron chi connectivity index (χ1n) is 8.11. The first-order chi connectivity index (χ1) is 12.0. The molecule has 1 fully saturated rings. The molecule has 0 aromatic heterocycles. The molecule has 0 saturated heterocycles. The number of carbonyl (C=O) groups excluding carboxylic acids is 2. The molecule has 1 saturated carbocycles. The molecule has 1 aliphatic carbocycles. The van der Waals surface area contributed by atoms with E-state index < -0.39 is 0 Å². The van der Waals surface area contributed by atoms with Gasteiger partial charge in [-0.2, -0.15) is 0 Å². The number of anilines is 2. The van der Waals surface area contributed by atoms with Crippen LogP contribution in [0, 0.1) is 12.8 Å². The number of nitrogens with one attached hydrogen (secondary N) is 3. The summed E-state index contributed by atoms with van der Waals surface area (Å²) in [7, 11) is 0. The summed E-state index contributed by atoms with van der Waals surface area (Å²) in [6.45, 7) is 1.97. The molecule has 0 unspecified atom stereocenters. The molecule has 0 radical (unpaired) electrons. The van der Waals surface area contributed by atoms with Crippen molar-refractivity contribution in [1.29, 1.82) is 0 Å². The van der Waals surface area contributed by atoms with Crippen LogP contribution in [0.2, 0.25) is 0 Å². The molecule has 2 amide bonds. The average molecular weight is 353 g/mol. The largest absolute Gasteiger partial charge is 0.332 e. The second-order valence-electron chi connectivity index (χ2n) is 6.12. The van der Waals surface area contributed by atoms with E-state index in [0.717, 1.165) is 24.1 Å². The molecular weight excluding hydrogens is 334 g/mol. The highest BCUT2D eigenvalue weighted by molar-refractivity contribution is 7.80. The van der Waals surface area contributed by atoms with Crippen molar-refractivity contribution in [3.05, 3.63) is 59.7 Å². The maximum Gasteiger partial charge on any atom is 0.255 e. The topological polar surface area (TPSA) is 70.2 Å². The third kappa shape index (κ3) is 4.87. The van der Waals surface area contributed by atoms with Crippen molar-refractivity contribution in [3.8, 4) is 0 Å². The van der Waals surface area contributed by atoms with Gasteiger partial charge in [0.05, 0.1) is 0 Å². The zero-order valence-corrected chi connectivity index (χ0v) is 14.7. The Morgan fingerprint density at radius 3 is 2.36 bits per heavy atom. The smallest absolute Gasteiger partial charge is 0.255 e. The van der Waals surface area contributed by atoms with Crippen LogP contribution in [-0.4, -0.2) is 16.9 Å². The molecule has 2 aromatic rings. The Kier molecular flexibility index (Phi) is 5.09. The predicted molar refractivity (Wildman–Crippen MR) is 103 cm³/mol. The molecule has 6 heteroatoms. The number of rotatable bonds is 4. The number of amides is 2. The molecule has 1 aliphatic rings. The molecule has 25 heavy (non-hydrogen) atoms. The lowest BCUT2D eigenvalue weighted by molar-refractivity contribution is -0.120. The van der Waals surface area contributed by atoms with Gasteiger partial charge in [-0.15, -0.1) is 0 Å². The van der Waals surface area contributed by atoms with E-state index in [4.69, 9.17) is 12.2 Å². The van der Waals surface area contributed by atoms with Gasteiger partial charge in [0, 0.05) is 22.9 Å². The fraction of sp³-hybridized carbons (Fsp3) is 0.211. The molecule has 2 aromatic carbocycles. The van der Waals surface area contributed by atoms with E-state index in [1.165, 1.54) is 0 Å². The van der Waals surface area contributed by atoms with Crippen LogP contribution >= 0.6 is 12.2 Å². The van der Waals surface area contributed by atoms with Crippen molar-refractivity contribution in [1.82, 2.24) is 5.32 Å². The van der Waals surface area contributed by atoms with Crippen molar-refractivity contribution in [2.24, 2.45) is 5.92 Å². The van der Waals surface area contributed by atoms with Crippen molar-refractivity contribution in [2.75, 3.05) is 10.6 Å². The second kappa shape index (κ2) is 7.44. The third-order valence-corrected chi connectivity index (χ3v) is 4.05. The zero-order chi connectivity index (χ0) is 17.8. The average Bonchev–Trinajstić information content (AvgIpc) is 3.40. The van der Waals surface area contributed by atoms with Crippen LogP contribution in [-0.2, 0) is 4.79 Å². The number of hydrogen-bond acceptors (Lipinski definition) is 3. The van der Waals surface area contributed by atoms with Gasteiger partial charge in [0.2, 0.25) is 5.91 Å². The minimum atomic E-state index is -0.206. The summed E-state index contributed by atoms with van der Waals surface area (Å²) < 4.78 is 0. The number of aryl methyl sites for hydroxylation is 1. The molecule has 0 spiro atoms. The summed E-state index contributed by atoms with van der Waals surface area (Å²) in [5, 5.41) is 8.72. The number of hydrogen-bond donors (Lipinski definition) is 3. The van der Waals surface area contributed by atoms with Crippen LogP contribution in [0.15, 0.2) is 48.5 Å². The number of thiocarbonyl (C=S) groups is 1. The minimum Gasteiger partial charge on any atom is -0.332 e. The highest BCUT2D eigenvalue weighted by Crippen LogP contribution is 2.28. The fourth-order valence-electron chi connectivity index (χ4n) is 2.39. The van der Waals surface area contributed by atoms with E-state index >= 15 is 0 Å². The Balaban J connectivity index is 1.63. The molecular formula is C19H19N3O2S. The van der Waals surface area contributed by atoms with Crippen molar-refractivity contribution in [2.45, 2.75) is 19.8 Å². The Bertz CT molecular complexity index is 831. The van der Waals surface area contributed by atoms with Gasteiger partial charge in [0.1, 0.15) is 0 Å². The van der Waals surface area contributed by atoms with Gasteiger partial charge >= 0.3 is 0 Å². The SMILES string of the molecule is Cc1cccc(NC(=O)c2cccc(NC(=S)NC(=O)C3CC3)c2)c1. The first-order valence-corrected chi connectivity index (χ1v) is 8.52. The van der Waals surface area contributed by atoms with Gasteiger partial charge in [-0.05, 0) is 67.9 Å². The van der Waals surface area contributed by atoms with Crippen LogP contribution in [0.3, 0.4) is 0 Å². The summed E-state index contributed by atoms with van der Waals surface area (Å²) >= 11 is 5.14. The summed E-state index contributed by atoms with van der Waals surface area (Å²) in [6.07, 6.45) is 1.84. The van der Waals surface area contributed by atoms with Crippen LogP contribution in [0.1, 0.15) is 28.8 Å². The standard InChI is InChI=1S/C19H19N3O2S/c1-12-4-2-6-15(10-12)20-18(24)14-5-3-7-16(11-14)21-19(25)22-17(23)13-8-9-13/h2-7,10-11,13H,8-9H2,1H3,(H,20,24)(H2,21,22,23,25). The van der Waals surface area contributed by atoms with Gasteiger partial charge in [-0.25, -0.2) is 0 Å². The van der Waals surface area contributed by atoms with Crippen molar-refractivity contribution >= 4 is 40.5 Å². The van der Waals surface area contributed by atoms with Crippen molar-refractivity contribution < 1.29 is 9.59 Å². The quantitative estimate of drug-likeness (QED) is 0.736. The Morgan fingerprint density at radius 2 is 1.68 bits per heavy atom.